The smallest absolute Gasteiger partial charge is 0.221 e. The van der Waals surface area contributed by atoms with Crippen molar-refractivity contribution in [3.8, 4) is 11.3 Å². The minimum Gasteiger partial charge on any atom is -0.595 e. The number of allylic oxidation sites excluding steroid dienone is 1. The third-order valence-corrected chi connectivity index (χ3v) is 3.40. The molecule has 0 fully saturated rings. The molecule has 0 amide bonds. The van der Waals surface area contributed by atoms with Crippen molar-refractivity contribution < 1.29 is 24.1 Å². The molecule has 24 heavy (non-hydrogen) atoms. The molecule has 0 saturated carbocycles. The van der Waals surface area contributed by atoms with E-state index < -0.39 is 5.23 Å². The number of hydrogen-bond donors (Lipinski definition) is 2. The summed E-state index contributed by atoms with van der Waals surface area (Å²) in [5.74, 6) is 1.70. The Hall–Kier alpha value is -2.93. The highest BCUT2D eigenvalue weighted by Gasteiger charge is 2.09. The Balaban J connectivity index is 1.77. The first-order valence-electron chi connectivity index (χ1n) is 7.25. The zero-order chi connectivity index (χ0) is 17.1. The van der Waals surface area contributed by atoms with E-state index in [1.165, 1.54) is 18.2 Å². The van der Waals surface area contributed by atoms with Gasteiger partial charge in [-0.3, -0.25) is 4.79 Å². The second-order valence-electron chi connectivity index (χ2n) is 5.20. The highest BCUT2D eigenvalue weighted by Crippen LogP contribution is 2.24. The molecule has 6 heteroatoms. The molecule has 1 atom stereocenters. The van der Waals surface area contributed by atoms with Crippen molar-refractivity contribution in [2.75, 3.05) is 0 Å². The second kappa shape index (κ2) is 6.67. The largest absolute Gasteiger partial charge is 0.595 e. The second-order valence-corrected chi connectivity index (χ2v) is 5.20. The summed E-state index contributed by atoms with van der Waals surface area (Å²) in [5, 5.41) is 19.0. The van der Waals surface area contributed by atoms with Crippen LogP contribution in [0.4, 0.5) is 5.69 Å². The summed E-state index contributed by atoms with van der Waals surface area (Å²) in [6.45, 7) is 1.77. The van der Waals surface area contributed by atoms with Crippen molar-refractivity contribution in [1.82, 2.24) is 0 Å². The van der Waals surface area contributed by atoms with Gasteiger partial charge in [-0.1, -0.05) is 12.1 Å². The van der Waals surface area contributed by atoms with Crippen LogP contribution in [0.3, 0.4) is 0 Å². The minimum absolute atomic E-state index is 0.185. The lowest BCUT2D eigenvalue weighted by Gasteiger charge is -2.11. The molecule has 0 spiro atoms. The molecule has 2 aromatic heterocycles. The fourth-order valence-electron chi connectivity index (χ4n) is 2.21. The summed E-state index contributed by atoms with van der Waals surface area (Å²) < 4.78 is 10.9. The zero-order valence-electron chi connectivity index (χ0n) is 12.9. The maximum Gasteiger partial charge on any atom is 0.221 e. The van der Waals surface area contributed by atoms with Crippen LogP contribution >= 0.6 is 0 Å². The lowest BCUT2D eigenvalue weighted by atomic mass is 10.1. The van der Waals surface area contributed by atoms with E-state index in [4.69, 9.17) is 14.0 Å². The third-order valence-electron chi connectivity index (χ3n) is 3.40. The van der Waals surface area contributed by atoms with Crippen molar-refractivity contribution in [3.63, 3.8) is 0 Å². The van der Waals surface area contributed by atoms with Crippen molar-refractivity contribution in [1.29, 1.82) is 0 Å². The SMILES string of the molecule is Cc1ccc(C(=O)C=Cc2ccc(-c3cccc([NH+]([O-])O)c3)o2)o1. The number of hydrogen-bond acceptors (Lipinski definition) is 5. The highest BCUT2D eigenvalue weighted by atomic mass is 16.8. The maximum atomic E-state index is 11.9. The van der Waals surface area contributed by atoms with Gasteiger partial charge in [0.05, 0.1) is 0 Å². The van der Waals surface area contributed by atoms with E-state index in [1.54, 1.807) is 49.4 Å². The number of ketones is 1. The molecule has 2 N–H and O–H groups in total. The summed E-state index contributed by atoms with van der Waals surface area (Å²) in [6.07, 6.45) is 2.92. The summed E-state index contributed by atoms with van der Waals surface area (Å²) in [5.41, 5.74) is 0.840. The zero-order valence-corrected chi connectivity index (χ0v) is 12.9. The van der Waals surface area contributed by atoms with Gasteiger partial charge in [-0.05, 0) is 43.3 Å². The van der Waals surface area contributed by atoms with Crippen LogP contribution in [0, 0.1) is 12.1 Å². The average Bonchev–Trinajstić information content (AvgIpc) is 3.22. The van der Waals surface area contributed by atoms with E-state index >= 15 is 0 Å². The van der Waals surface area contributed by atoms with Gasteiger partial charge in [0.1, 0.15) is 17.3 Å². The first-order chi connectivity index (χ1) is 11.5. The van der Waals surface area contributed by atoms with Gasteiger partial charge in [0.25, 0.3) is 0 Å². The lowest BCUT2D eigenvalue weighted by Crippen LogP contribution is -2.99. The van der Waals surface area contributed by atoms with Crippen LogP contribution in [0.2, 0.25) is 0 Å². The molecule has 0 saturated heterocycles. The summed E-state index contributed by atoms with van der Waals surface area (Å²) in [6, 6.07) is 13.2. The van der Waals surface area contributed by atoms with Crippen LogP contribution in [0.15, 0.2) is 63.4 Å². The van der Waals surface area contributed by atoms with Crippen LogP contribution in [-0.4, -0.2) is 11.0 Å². The van der Waals surface area contributed by atoms with E-state index in [1.807, 2.05) is 0 Å². The third kappa shape index (κ3) is 3.52. The lowest BCUT2D eigenvalue weighted by molar-refractivity contribution is -0.991. The molecule has 0 aliphatic heterocycles. The molecule has 0 aliphatic rings. The molecule has 0 radical (unpaired) electrons. The summed E-state index contributed by atoms with van der Waals surface area (Å²) in [4.78, 5) is 11.9. The van der Waals surface area contributed by atoms with Gasteiger partial charge in [0, 0.05) is 17.7 Å². The fraction of sp³-hybridized carbons (Fsp3) is 0.0556. The molecule has 1 aromatic carbocycles. The predicted octanol–water partition coefficient (Wildman–Crippen LogP) is 3.15. The van der Waals surface area contributed by atoms with Crippen molar-refractivity contribution in [2.45, 2.75) is 6.92 Å². The van der Waals surface area contributed by atoms with E-state index in [9.17, 15) is 10.0 Å². The molecule has 3 aromatic rings. The Morgan fingerprint density at radius 2 is 2.00 bits per heavy atom. The van der Waals surface area contributed by atoms with Gasteiger partial charge in [-0.25, -0.2) is 5.21 Å². The number of rotatable bonds is 5. The number of aryl methyl sites for hydroxylation is 1. The number of quaternary nitrogens is 1. The van der Waals surface area contributed by atoms with Gasteiger partial charge >= 0.3 is 0 Å². The van der Waals surface area contributed by atoms with Crippen LogP contribution in [-0.2, 0) is 0 Å². The molecular weight excluding hydrogens is 310 g/mol. The molecule has 0 aliphatic carbocycles. The fourth-order valence-corrected chi connectivity index (χ4v) is 2.21. The van der Waals surface area contributed by atoms with Crippen molar-refractivity contribution >= 4 is 17.5 Å². The van der Waals surface area contributed by atoms with E-state index in [-0.39, 0.29) is 17.2 Å². The monoisotopic (exact) mass is 325 g/mol. The summed E-state index contributed by atoms with van der Waals surface area (Å²) >= 11 is 0. The molecular formula is C18H15NO5. The van der Waals surface area contributed by atoms with Crippen molar-refractivity contribution in [3.05, 3.63) is 77.1 Å². The van der Waals surface area contributed by atoms with Gasteiger partial charge in [-0.15, -0.1) is 0 Å². The quantitative estimate of drug-likeness (QED) is 0.427. The Kier molecular flexibility index (Phi) is 4.43. The van der Waals surface area contributed by atoms with Crippen LogP contribution < -0.4 is 5.23 Å². The first kappa shape index (κ1) is 15.9. The number of carbonyl (C=O) groups excluding carboxylic acids is 1. The van der Waals surface area contributed by atoms with Crippen LogP contribution in [0.25, 0.3) is 17.4 Å². The van der Waals surface area contributed by atoms with Gasteiger partial charge in [-0.2, -0.15) is 5.23 Å². The topological polar surface area (TPSA) is 91.1 Å². The van der Waals surface area contributed by atoms with Gasteiger partial charge in [0.15, 0.2) is 11.4 Å². The number of benzene rings is 1. The molecule has 122 valence electrons. The Labute approximate surface area is 137 Å². The highest BCUT2D eigenvalue weighted by molar-refractivity contribution is 6.04. The van der Waals surface area contributed by atoms with Crippen LogP contribution in [0.5, 0.6) is 0 Å². The normalized spacial score (nSPS) is 12.6. The molecule has 1 unspecified atom stereocenters. The Morgan fingerprint density at radius 3 is 2.71 bits per heavy atom. The van der Waals surface area contributed by atoms with E-state index in [2.05, 4.69) is 0 Å². The average molecular weight is 325 g/mol. The number of nitrogens with one attached hydrogen (secondary N) is 1. The molecule has 3 rings (SSSR count). The Bertz CT molecular complexity index is 888. The Morgan fingerprint density at radius 1 is 1.17 bits per heavy atom. The minimum atomic E-state index is -0.997. The molecule has 2 heterocycles. The number of carbonyl (C=O) groups is 1. The number of furan rings is 2. The molecule has 6 nitrogen and oxygen atoms in total. The van der Waals surface area contributed by atoms with E-state index in [0.717, 1.165) is 0 Å². The standard InChI is InChI=1S/C18H15NO5/c1-12-5-9-18(23-12)16(20)8-6-15-7-10-17(24-15)13-3-2-4-14(11-13)19(21)22/h2-11,19,21H,1H3. The van der Waals surface area contributed by atoms with Crippen LogP contribution in [0.1, 0.15) is 22.1 Å². The van der Waals surface area contributed by atoms with Gasteiger partial charge < -0.3 is 14.0 Å². The molecule has 0 bridgehead atoms. The van der Waals surface area contributed by atoms with Crippen molar-refractivity contribution in [2.24, 2.45) is 0 Å². The summed E-state index contributed by atoms with van der Waals surface area (Å²) in [7, 11) is 0. The van der Waals surface area contributed by atoms with E-state index in [0.29, 0.717) is 22.8 Å². The predicted molar refractivity (Wildman–Crippen MR) is 86.7 cm³/mol. The van der Waals surface area contributed by atoms with Gasteiger partial charge in [0.2, 0.25) is 5.78 Å². The maximum absolute atomic E-state index is 11.9. The first-order valence-corrected chi connectivity index (χ1v) is 7.25.